The Hall–Kier alpha value is -4.93. The van der Waals surface area contributed by atoms with Crippen molar-refractivity contribution in [2.75, 3.05) is 44.6 Å². The van der Waals surface area contributed by atoms with Crippen LogP contribution in [0.4, 0.5) is 16.6 Å². The molecule has 1 aliphatic heterocycles. The lowest BCUT2D eigenvalue weighted by Gasteiger charge is -2.35. The smallest absolute Gasteiger partial charge is 0.410 e. The molecule has 18 heteroatoms. The number of hydrogen-bond donors (Lipinski definition) is 2. The summed E-state index contributed by atoms with van der Waals surface area (Å²) >= 11 is 12.8. The SMILES string of the molecule is Cn1c(=O)c(-c2c(Cl)cccc2Cl)cc2cnc(Nc3cc(-c4nnn[nH]4)c(OCCN4CCN(C(=O)OC(C)(C)C)CC4)nn3)nc21. The van der Waals surface area contributed by atoms with Crippen molar-refractivity contribution >= 4 is 52.1 Å². The Labute approximate surface area is 284 Å². The summed E-state index contributed by atoms with van der Waals surface area (Å²) in [6.07, 6.45) is 1.27. The highest BCUT2D eigenvalue weighted by Gasteiger charge is 2.26. The number of halogens is 2. The van der Waals surface area contributed by atoms with Gasteiger partial charge in [0, 0.05) is 56.9 Å². The van der Waals surface area contributed by atoms with Crippen molar-refractivity contribution < 1.29 is 14.3 Å². The molecule has 1 aromatic carbocycles. The third-order valence-corrected chi connectivity index (χ3v) is 8.08. The molecule has 1 amide bonds. The number of amides is 1. The lowest BCUT2D eigenvalue weighted by atomic mass is 10.1. The van der Waals surface area contributed by atoms with Crippen LogP contribution in [0, 0.1) is 0 Å². The van der Waals surface area contributed by atoms with Gasteiger partial charge in [0.2, 0.25) is 11.8 Å². The van der Waals surface area contributed by atoms with Gasteiger partial charge in [-0.25, -0.2) is 14.9 Å². The number of carbonyl (C=O) groups is 1. The van der Waals surface area contributed by atoms with Crippen molar-refractivity contribution in [2.45, 2.75) is 26.4 Å². The summed E-state index contributed by atoms with van der Waals surface area (Å²) in [5.74, 6) is 1.01. The largest absolute Gasteiger partial charge is 0.475 e. The van der Waals surface area contributed by atoms with E-state index in [9.17, 15) is 9.59 Å². The molecule has 4 aromatic heterocycles. The van der Waals surface area contributed by atoms with Gasteiger partial charge in [-0.15, -0.1) is 15.3 Å². The molecule has 0 atom stereocenters. The van der Waals surface area contributed by atoms with Crippen LogP contribution in [0.3, 0.4) is 0 Å². The molecule has 5 heterocycles. The highest BCUT2D eigenvalue weighted by Crippen LogP contribution is 2.34. The van der Waals surface area contributed by atoms with Crippen LogP contribution in [0.15, 0.2) is 41.3 Å². The molecule has 1 saturated heterocycles. The fourth-order valence-electron chi connectivity index (χ4n) is 5.10. The van der Waals surface area contributed by atoms with E-state index < -0.39 is 5.60 Å². The van der Waals surface area contributed by atoms with Gasteiger partial charge in [0.25, 0.3) is 5.56 Å². The van der Waals surface area contributed by atoms with Gasteiger partial charge < -0.3 is 19.7 Å². The number of benzene rings is 1. The zero-order chi connectivity index (χ0) is 34.0. The summed E-state index contributed by atoms with van der Waals surface area (Å²) in [4.78, 5) is 38.6. The average molecular weight is 696 g/mol. The lowest BCUT2D eigenvalue weighted by Crippen LogP contribution is -2.50. The maximum Gasteiger partial charge on any atom is 0.410 e. The summed E-state index contributed by atoms with van der Waals surface area (Å²) in [5, 5.41) is 26.9. The first-order chi connectivity index (χ1) is 23.0. The molecule has 0 radical (unpaired) electrons. The Balaban J connectivity index is 1.15. The fraction of sp³-hybridized carbons (Fsp3) is 0.367. The Morgan fingerprint density at radius 3 is 2.48 bits per heavy atom. The van der Waals surface area contributed by atoms with Gasteiger partial charge in [0.05, 0.1) is 21.2 Å². The molecule has 0 spiro atoms. The van der Waals surface area contributed by atoms with Crippen molar-refractivity contribution in [1.29, 1.82) is 0 Å². The topological polar surface area (TPSA) is 182 Å². The summed E-state index contributed by atoms with van der Waals surface area (Å²) in [5.41, 5.74) is 0.753. The predicted molar refractivity (Wildman–Crippen MR) is 178 cm³/mol. The van der Waals surface area contributed by atoms with E-state index in [0.29, 0.717) is 82.9 Å². The number of nitrogens with one attached hydrogen (secondary N) is 2. The maximum absolute atomic E-state index is 13.3. The van der Waals surface area contributed by atoms with E-state index in [0.717, 1.165) is 0 Å². The van der Waals surface area contributed by atoms with E-state index in [-0.39, 0.29) is 29.3 Å². The number of tetrazole rings is 1. The number of aryl methyl sites for hydroxylation is 1. The van der Waals surface area contributed by atoms with Crippen LogP contribution in [-0.2, 0) is 11.8 Å². The maximum atomic E-state index is 13.3. The van der Waals surface area contributed by atoms with Crippen molar-refractivity contribution in [1.82, 2.24) is 55.2 Å². The van der Waals surface area contributed by atoms with Crippen LogP contribution in [0.1, 0.15) is 20.8 Å². The first-order valence-corrected chi connectivity index (χ1v) is 15.8. The van der Waals surface area contributed by atoms with Crippen molar-refractivity contribution in [2.24, 2.45) is 7.05 Å². The number of pyridine rings is 1. The van der Waals surface area contributed by atoms with Crippen LogP contribution in [0.25, 0.3) is 33.5 Å². The van der Waals surface area contributed by atoms with Gasteiger partial charge >= 0.3 is 6.09 Å². The third-order valence-electron chi connectivity index (χ3n) is 7.45. The third kappa shape index (κ3) is 7.30. The lowest BCUT2D eigenvalue weighted by molar-refractivity contribution is 0.0136. The van der Waals surface area contributed by atoms with Gasteiger partial charge in [-0.1, -0.05) is 29.3 Å². The molecule has 0 bridgehead atoms. The number of anilines is 2. The second kappa shape index (κ2) is 13.7. The molecular weight excluding hydrogens is 663 g/mol. The number of hydrogen-bond acceptors (Lipinski definition) is 13. The molecule has 0 unspecified atom stereocenters. The van der Waals surface area contributed by atoms with Crippen molar-refractivity contribution in [3.8, 4) is 28.4 Å². The van der Waals surface area contributed by atoms with E-state index in [4.69, 9.17) is 32.7 Å². The number of carbonyl (C=O) groups excluding carboxylic acids is 1. The number of H-pyrrole nitrogens is 1. The van der Waals surface area contributed by atoms with Crippen LogP contribution < -0.4 is 15.6 Å². The second-order valence-electron chi connectivity index (χ2n) is 12.0. The van der Waals surface area contributed by atoms with Gasteiger partial charge in [0.15, 0.2) is 11.6 Å². The Bertz CT molecular complexity index is 1990. The van der Waals surface area contributed by atoms with E-state index in [1.807, 2.05) is 20.8 Å². The van der Waals surface area contributed by atoms with Crippen LogP contribution in [0.5, 0.6) is 5.88 Å². The molecule has 250 valence electrons. The van der Waals surface area contributed by atoms with E-state index in [2.05, 4.69) is 51.0 Å². The standard InChI is InChI=1S/C30H32Cl2N12O4/c1-30(2,3)48-29(46)44-10-8-43(9-11-44)12-13-47-26-19(24-37-40-41-38-24)15-22(36-39-26)34-28-33-16-17-14-18(27(45)42(4)25(17)35-28)23-20(31)6-5-7-21(23)32/h5-7,14-16H,8-13H2,1-4H3,(H,33,34,35,36)(H,37,38,40,41). The number of nitrogens with zero attached hydrogens (tertiary/aromatic N) is 10. The van der Waals surface area contributed by atoms with E-state index >= 15 is 0 Å². The normalized spacial score (nSPS) is 13.9. The number of ether oxygens (including phenoxy) is 2. The quantitative estimate of drug-likeness (QED) is 0.238. The van der Waals surface area contributed by atoms with Crippen LogP contribution in [-0.4, -0.2) is 106 Å². The average Bonchev–Trinajstić information content (AvgIpc) is 3.59. The zero-order valence-electron chi connectivity index (χ0n) is 26.6. The Morgan fingerprint density at radius 1 is 1.04 bits per heavy atom. The van der Waals surface area contributed by atoms with Gasteiger partial charge in [-0.05, 0) is 55.5 Å². The van der Waals surface area contributed by atoms with E-state index in [1.54, 1.807) is 48.5 Å². The van der Waals surface area contributed by atoms with Gasteiger partial charge in [0.1, 0.15) is 17.9 Å². The Kier molecular flexibility index (Phi) is 9.39. The molecule has 48 heavy (non-hydrogen) atoms. The number of rotatable bonds is 8. The molecule has 0 aliphatic carbocycles. The number of aromatic amines is 1. The number of aromatic nitrogens is 9. The van der Waals surface area contributed by atoms with Crippen molar-refractivity contribution in [3.05, 3.63) is 56.9 Å². The second-order valence-corrected chi connectivity index (χ2v) is 12.8. The monoisotopic (exact) mass is 694 g/mol. The summed E-state index contributed by atoms with van der Waals surface area (Å²) < 4.78 is 12.9. The minimum absolute atomic E-state index is 0.177. The minimum atomic E-state index is -0.536. The molecule has 2 N–H and O–H groups in total. The van der Waals surface area contributed by atoms with Gasteiger partial charge in [-0.2, -0.15) is 4.98 Å². The van der Waals surface area contributed by atoms with E-state index in [1.165, 1.54) is 4.57 Å². The van der Waals surface area contributed by atoms with Gasteiger partial charge in [-0.3, -0.25) is 14.3 Å². The summed E-state index contributed by atoms with van der Waals surface area (Å²) in [6.45, 7) is 8.96. The first-order valence-electron chi connectivity index (χ1n) is 15.0. The zero-order valence-corrected chi connectivity index (χ0v) is 28.1. The summed E-state index contributed by atoms with van der Waals surface area (Å²) in [6, 6.07) is 8.38. The molecule has 0 saturated carbocycles. The fourth-order valence-corrected chi connectivity index (χ4v) is 5.70. The molecular formula is C30H32Cl2N12O4. The first kappa shape index (κ1) is 33.0. The number of fused-ring (bicyclic) bond motifs is 1. The molecule has 1 fully saturated rings. The Morgan fingerprint density at radius 2 is 1.79 bits per heavy atom. The minimum Gasteiger partial charge on any atom is -0.475 e. The van der Waals surface area contributed by atoms with Crippen LogP contribution >= 0.6 is 23.2 Å². The van der Waals surface area contributed by atoms with Crippen molar-refractivity contribution in [3.63, 3.8) is 0 Å². The summed E-state index contributed by atoms with van der Waals surface area (Å²) in [7, 11) is 1.61. The molecule has 5 aromatic rings. The van der Waals surface area contributed by atoms with Crippen LogP contribution in [0.2, 0.25) is 10.0 Å². The predicted octanol–water partition coefficient (Wildman–Crippen LogP) is 3.95. The number of piperazine rings is 1. The molecule has 16 nitrogen and oxygen atoms in total. The molecule has 1 aliphatic rings. The highest BCUT2D eigenvalue weighted by atomic mass is 35.5. The molecule has 6 rings (SSSR count). The highest BCUT2D eigenvalue weighted by molar-refractivity contribution is 6.39.